The van der Waals surface area contributed by atoms with Crippen molar-refractivity contribution in [2.45, 2.75) is 18.7 Å². The molecule has 0 radical (unpaired) electrons. The van der Waals surface area contributed by atoms with Crippen LogP contribution >= 0.6 is 0 Å². The molecule has 1 aliphatic heterocycles. The van der Waals surface area contributed by atoms with Crippen molar-refractivity contribution in [3.63, 3.8) is 0 Å². The number of rotatable bonds is 7. The minimum Gasteiger partial charge on any atom is -0.369 e. The number of hydrogen-bond acceptors (Lipinski definition) is 5. The topological polar surface area (TPSA) is 73.0 Å². The Balaban J connectivity index is 1.51. The quantitative estimate of drug-likeness (QED) is 0.542. The Bertz CT molecular complexity index is 1250. The third kappa shape index (κ3) is 6.01. The fourth-order valence-corrected chi connectivity index (χ4v) is 5.44. The lowest BCUT2D eigenvalue weighted by Crippen LogP contribution is -2.44. The van der Waals surface area contributed by atoms with Crippen LogP contribution in [0.25, 0.3) is 0 Å². The number of benzene rings is 3. The molecule has 3 aromatic carbocycles. The summed E-state index contributed by atoms with van der Waals surface area (Å²) in [5, 5.41) is 2.85. The number of likely N-dealkylation sites (N-methyl/N-ethyl adjacent to an activating group) is 1. The van der Waals surface area contributed by atoms with E-state index in [4.69, 9.17) is 0 Å². The Morgan fingerprint density at radius 1 is 0.829 bits per heavy atom. The van der Waals surface area contributed by atoms with Crippen LogP contribution in [0, 0.1) is 13.8 Å². The molecule has 0 atom stereocenters. The molecule has 0 unspecified atom stereocenters. The smallest absolute Gasteiger partial charge is 0.264 e. The number of nitrogens with zero attached hydrogens (tertiary/aromatic N) is 3. The van der Waals surface area contributed by atoms with E-state index in [0.29, 0.717) is 11.4 Å². The number of amides is 1. The first-order valence-corrected chi connectivity index (χ1v) is 13.2. The SMILES string of the molecule is Cc1ccc(N(CC(=O)Nc2ccc(N3CCN(C)CC3)cc2)S(=O)(=O)c2ccc(C)cc2)cc1. The fraction of sp³-hybridized carbons (Fsp3) is 0.296. The molecule has 1 saturated heterocycles. The van der Waals surface area contributed by atoms with Gasteiger partial charge in [-0.3, -0.25) is 9.10 Å². The van der Waals surface area contributed by atoms with Gasteiger partial charge in [0, 0.05) is 37.6 Å². The van der Waals surface area contributed by atoms with E-state index in [-0.39, 0.29) is 11.4 Å². The highest BCUT2D eigenvalue weighted by atomic mass is 32.2. The summed E-state index contributed by atoms with van der Waals surface area (Å²) < 4.78 is 28.2. The molecule has 35 heavy (non-hydrogen) atoms. The Labute approximate surface area is 208 Å². The predicted molar refractivity (Wildman–Crippen MR) is 142 cm³/mol. The van der Waals surface area contributed by atoms with Gasteiger partial charge in [-0.25, -0.2) is 8.42 Å². The minimum absolute atomic E-state index is 0.146. The zero-order chi connectivity index (χ0) is 25.0. The normalized spacial score (nSPS) is 14.5. The summed E-state index contributed by atoms with van der Waals surface area (Å²) in [5.41, 5.74) is 4.15. The highest BCUT2D eigenvalue weighted by molar-refractivity contribution is 7.92. The van der Waals surface area contributed by atoms with E-state index >= 15 is 0 Å². The lowest BCUT2D eigenvalue weighted by atomic mass is 10.2. The lowest BCUT2D eigenvalue weighted by molar-refractivity contribution is -0.114. The number of anilines is 3. The zero-order valence-corrected chi connectivity index (χ0v) is 21.3. The molecular formula is C27H32N4O3S. The van der Waals surface area contributed by atoms with Crippen LogP contribution in [0.4, 0.5) is 17.1 Å². The first-order chi connectivity index (χ1) is 16.7. The van der Waals surface area contributed by atoms with E-state index in [1.807, 2.05) is 50.2 Å². The summed E-state index contributed by atoms with van der Waals surface area (Å²) >= 11 is 0. The van der Waals surface area contributed by atoms with Crippen LogP contribution in [0.1, 0.15) is 11.1 Å². The van der Waals surface area contributed by atoms with E-state index in [9.17, 15) is 13.2 Å². The van der Waals surface area contributed by atoms with Gasteiger partial charge in [-0.15, -0.1) is 0 Å². The average Bonchev–Trinajstić information content (AvgIpc) is 2.84. The molecule has 0 bridgehead atoms. The van der Waals surface area contributed by atoms with E-state index in [0.717, 1.165) is 47.3 Å². The summed E-state index contributed by atoms with van der Waals surface area (Å²) in [6.45, 7) is 7.46. The van der Waals surface area contributed by atoms with Crippen molar-refractivity contribution < 1.29 is 13.2 Å². The minimum atomic E-state index is -3.93. The lowest BCUT2D eigenvalue weighted by Gasteiger charge is -2.34. The Morgan fingerprint density at radius 3 is 1.94 bits per heavy atom. The molecule has 0 aliphatic carbocycles. The van der Waals surface area contributed by atoms with Crippen LogP contribution in [-0.2, 0) is 14.8 Å². The second-order valence-electron chi connectivity index (χ2n) is 9.05. The molecule has 1 N–H and O–H groups in total. The third-order valence-corrected chi connectivity index (χ3v) is 8.03. The molecule has 1 heterocycles. The molecule has 3 aromatic rings. The van der Waals surface area contributed by atoms with Crippen molar-refractivity contribution >= 4 is 33.0 Å². The predicted octanol–water partition coefficient (Wildman–Crippen LogP) is 3.89. The highest BCUT2D eigenvalue weighted by Gasteiger charge is 2.27. The van der Waals surface area contributed by atoms with Crippen LogP contribution in [0.3, 0.4) is 0 Å². The Hall–Kier alpha value is -3.36. The number of carbonyl (C=O) groups is 1. The number of aryl methyl sites for hydroxylation is 2. The molecule has 1 aliphatic rings. The van der Waals surface area contributed by atoms with Crippen molar-refractivity contribution in [3.05, 3.63) is 83.9 Å². The Kier molecular flexibility index (Phi) is 7.42. The van der Waals surface area contributed by atoms with Gasteiger partial charge in [0.2, 0.25) is 5.91 Å². The van der Waals surface area contributed by atoms with E-state index < -0.39 is 15.9 Å². The molecule has 1 fully saturated rings. The number of carbonyl (C=O) groups excluding carboxylic acids is 1. The highest BCUT2D eigenvalue weighted by Crippen LogP contribution is 2.25. The van der Waals surface area contributed by atoms with E-state index in [1.54, 1.807) is 36.4 Å². The summed E-state index contributed by atoms with van der Waals surface area (Å²) in [7, 11) is -1.82. The van der Waals surface area contributed by atoms with Gasteiger partial charge in [0.05, 0.1) is 10.6 Å². The second kappa shape index (κ2) is 10.5. The molecule has 7 nitrogen and oxygen atoms in total. The van der Waals surface area contributed by atoms with Crippen molar-refractivity contribution in [2.75, 3.05) is 54.3 Å². The fourth-order valence-electron chi connectivity index (χ4n) is 4.01. The largest absolute Gasteiger partial charge is 0.369 e. The average molecular weight is 493 g/mol. The maximum Gasteiger partial charge on any atom is 0.264 e. The Morgan fingerprint density at radius 2 is 1.37 bits per heavy atom. The van der Waals surface area contributed by atoms with Gasteiger partial charge in [0.15, 0.2) is 0 Å². The maximum atomic E-state index is 13.5. The van der Waals surface area contributed by atoms with E-state index in [1.165, 1.54) is 0 Å². The van der Waals surface area contributed by atoms with Crippen LogP contribution in [0.5, 0.6) is 0 Å². The molecule has 1 amide bonds. The standard InChI is InChI=1S/C27H32N4O3S/c1-21-4-10-25(11-5-21)31(35(33,34)26-14-6-22(2)7-15-26)20-27(32)28-23-8-12-24(13-9-23)30-18-16-29(3)17-19-30/h4-15H,16-20H2,1-3H3,(H,28,32). The monoisotopic (exact) mass is 492 g/mol. The number of sulfonamides is 1. The molecule has 4 rings (SSSR count). The van der Waals surface area contributed by atoms with Gasteiger partial charge in [-0.2, -0.15) is 0 Å². The summed E-state index contributed by atoms with van der Waals surface area (Å²) in [6.07, 6.45) is 0. The number of piperazine rings is 1. The molecule has 0 spiro atoms. The van der Waals surface area contributed by atoms with Crippen LogP contribution in [0.15, 0.2) is 77.7 Å². The molecule has 0 saturated carbocycles. The van der Waals surface area contributed by atoms with Crippen LogP contribution in [0.2, 0.25) is 0 Å². The molecular weight excluding hydrogens is 460 g/mol. The summed E-state index contributed by atoms with van der Waals surface area (Å²) in [5.74, 6) is -0.409. The second-order valence-corrected chi connectivity index (χ2v) is 10.9. The van der Waals surface area contributed by atoms with Crippen LogP contribution in [-0.4, -0.2) is 59.0 Å². The van der Waals surface area contributed by atoms with E-state index in [2.05, 4.69) is 22.2 Å². The van der Waals surface area contributed by atoms with Crippen molar-refractivity contribution in [2.24, 2.45) is 0 Å². The van der Waals surface area contributed by atoms with Crippen LogP contribution < -0.4 is 14.5 Å². The van der Waals surface area contributed by atoms with Crippen molar-refractivity contribution in [3.8, 4) is 0 Å². The number of nitrogens with one attached hydrogen (secondary N) is 1. The zero-order valence-electron chi connectivity index (χ0n) is 20.4. The summed E-state index contributed by atoms with van der Waals surface area (Å²) in [4.78, 5) is 17.8. The van der Waals surface area contributed by atoms with Gasteiger partial charge >= 0.3 is 0 Å². The summed E-state index contributed by atoms with van der Waals surface area (Å²) in [6, 6.07) is 21.4. The van der Waals surface area contributed by atoms with Gasteiger partial charge in [-0.05, 0) is 69.4 Å². The first kappa shape index (κ1) is 24.8. The van der Waals surface area contributed by atoms with Gasteiger partial charge in [0.25, 0.3) is 10.0 Å². The first-order valence-electron chi connectivity index (χ1n) is 11.7. The molecule has 8 heteroatoms. The van der Waals surface area contributed by atoms with Gasteiger partial charge in [-0.1, -0.05) is 35.4 Å². The van der Waals surface area contributed by atoms with Crippen molar-refractivity contribution in [1.82, 2.24) is 4.90 Å². The number of hydrogen-bond donors (Lipinski definition) is 1. The maximum absolute atomic E-state index is 13.5. The van der Waals surface area contributed by atoms with Gasteiger partial charge in [0.1, 0.15) is 6.54 Å². The molecule has 0 aromatic heterocycles. The van der Waals surface area contributed by atoms with Crippen molar-refractivity contribution in [1.29, 1.82) is 0 Å². The third-order valence-electron chi connectivity index (χ3n) is 6.24. The van der Waals surface area contributed by atoms with Gasteiger partial charge < -0.3 is 15.1 Å². The molecule has 184 valence electrons.